The van der Waals surface area contributed by atoms with Crippen molar-refractivity contribution in [1.29, 1.82) is 0 Å². The fourth-order valence-electron chi connectivity index (χ4n) is 4.33. The molecule has 0 bridgehead atoms. The predicted octanol–water partition coefficient (Wildman–Crippen LogP) is 3.90. The highest BCUT2D eigenvalue weighted by atomic mass is 16.5. The van der Waals surface area contributed by atoms with Gasteiger partial charge >= 0.3 is 0 Å². The van der Waals surface area contributed by atoms with Crippen LogP contribution in [0.3, 0.4) is 0 Å². The molecule has 32 heavy (non-hydrogen) atoms. The zero-order valence-electron chi connectivity index (χ0n) is 18.0. The first-order valence-corrected chi connectivity index (χ1v) is 10.4. The number of nitrogens with zero attached hydrogens (tertiary/aromatic N) is 6. The summed E-state index contributed by atoms with van der Waals surface area (Å²) in [6.07, 6.45) is 8.44. The molecule has 5 rings (SSSR count). The maximum Gasteiger partial charge on any atom is 0.290 e. The Morgan fingerprint density at radius 3 is 2.84 bits per heavy atom. The maximum atomic E-state index is 8.36. The van der Waals surface area contributed by atoms with Crippen LogP contribution in [0.4, 0.5) is 5.69 Å². The van der Waals surface area contributed by atoms with Crippen molar-refractivity contribution in [3.63, 3.8) is 0 Å². The molecule has 1 N–H and O–H groups in total. The summed E-state index contributed by atoms with van der Waals surface area (Å²) in [5.41, 5.74) is 4.42. The van der Waals surface area contributed by atoms with Crippen LogP contribution >= 0.6 is 0 Å². The van der Waals surface area contributed by atoms with E-state index in [1.54, 1.807) is 0 Å². The van der Waals surface area contributed by atoms with Gasteiger partial charge in [0.25, 0.3) is 6.47 Å². The van der Waals surface area contributed by atoms with E-state index in [0.29, 0.717) is 18.2 Å². The number of carbonyl (C=O) groups is 1. The summed E-state index contributed by atoms with van der Waals surface area (Å²) < 4.78 is 10.1. The van der Waals surface area contributed by atoms with Gasteiger partial charge in [-0.1, -0.05) is 6.07 Å². The molecule has 0 spiro atoms. The van der Waals surface area contributed by atoms with Crippen LogP contribution in [0, 0.1) is 6.57 Å². The number of aromatic nitrogens is 5. The van der Waals surface area contributed by atoms with Crippen molar-refractivity contribution in [2.24, 2.45) is 7.05 Å². The van der Waals surface area contributed by atoms with Crippen molar-refractivity contribution in [1.82, 2.24) is 24.1 Å². The second kappa shape index (κ2) is 9.16. The Morgan fingerprint density at radius 2 is 2.16 bits per heavy atom. The van der Waals surface area contributed by atoms with Crippen molar-refractivity contribution < 1.29 is 14.6 Å². The van der Waals surface area contributed by atoms with Gasteiger partial charge in [-0.3, -0.25) is 9.78 Å². The number of hydrogen-bond donors (Lipinski definition) is 1. The van der Waals surface area contributed by atoms with Crippen LogP contribution in [-0.4, -0.2) is 48.4 Å². The van der Waals surface area contributed by atoms with Crippen molar-refractivity contribution >= 4 is 34.1 Å². The highest BCUT2D eigenvalue weighted by Gasteiger charge is 2.26. The molecule has 0 aliphatic carbocycles. The average molecular weight is 432 g/mol. The predicted molar refractivity (Wildman–Crippen MR) is 120 cm³/mol. The number of carboxylic acid groups (broad SMARTS) is 1. The molecule has 1 aromatic carbocycles. The van der Waals surface area contributed by atoms with E-state index in [1.165, 1.54) is 0 Å². The molecule has 1 fully saturated rings. The molecular weight excluding hydrogens is 408 g/mol. The molecular formula is C23H24N6O3. The van der Waals surface area contributed by atoms with E-state index >= 15 is 0 Å². The third-order valence-corrected chi connectivity index (χ3v) is 5.62. The molecule has 9 nitrogen and oxygen atoms in total. The van der Waals surface area contributed by atoms with Crippen LogP contribution in [0.1, 0.15) is 37.3 Å². The highest BCUT2D eigenvalue weighted by Crippen LogP contribution is 2.35. The lowest BCUT2D eigenvalue weighted by molar-refractivity contribution is -0.122. The number of benzene rings is 1. The van der Waals surface area contributed by atoms with Gasteiger partial charge in [-0.2, -0.15) is 0 Å². The summed E-state index contributed by atoms with van der Waals surface area (Å²) in [5, 5.41) is 7.87. The van der Waals surface area contributed by atoms with Gasteiger partial charge in [0.05, 0.1) is 41.9 Å². The Labute approximate surface area is 185 Å². The van der Waals surface area contributed by atoms with Crippen LogP contribution in [0.2, 0.25) is 0 Å². The first-order chi connectivity index (χ1) is 15.5. The minimum atomic E-state index is -0.250. The summed E-state index contributed by atoms with van der Waals surface area (Å²) in [7, 11) is 1.98. The number of fused-ring (bicyclic) bond motifs is 3. The van der Waals surface area contributed by atoms with Gasteiger partial charge in [-0.25, -0.2) is 14.8 Å². The maximum absolute atomic E-state index is 8.36. The van der Waals surface area contributed by atoms with Crippen LogP contribution in [-0.2, 0) is 23.0 Å². The van der Waals surface area contributed by atoms with Gasteiger partial charge in [0.15, 0.2) is 5.69 Å². The van der Waals surface area contributed by atoms with Crippen LogP contribution in [0.5, 0.6) is 0 Å². The Morgan fingerprint density at radius 1 is 1.34 bits per heavy atom. The van der Waals surface area contributed by atoms with Gasteiger partial charge < -0.3 is 19.0 Å². The smallest absolute Gasteiger partial charge is 0.290 e. The first-order valence-electron chi connectivity index (χ1n) is 10.4. The Hall–Kier alpha value is -3.77. The number of pyridine rings is 1. The molecule has 9 heteroatoms. The number of rotatable bonds is 3. The second-order valence-electron chi connectivity index (χ2n) is 7.88. The molecule has 0 radical (unpaired) electrons. The van der Waals surface area contributed by atoms with Gasteiger partial charge in [0.2, 0.25) is 0 Å². The lowest BCUT2D eigenvalue weighted by Gasteiger charge is -2.30. The van der Waals surface area contributed by atoms with E-state index in [9.17, 15) is 0 Å². The molecule has 164 valence electrons. The van der Waals surface area contributed by atoms with Crippen molar-refractivity contribution in [2.45, 2.75) is 38.3 Å². The van der Waals surface area contributed by atoms with Gasteiger partial charge in [0.1, 0.15) is 11.3 Å². The Bertz CT molecular complexity index is 1300. The van der Waals surface area contributed by atoms with Crippen molar-refractivity contribution in [2.75, 3.05) is 6.61 Å². The van der Waals surface area contributed by atoms with Gasteiger partial charge in [-0.05, 0) is 31.9 Å². The summed E-state index contributed by atoms with van der Waals surface area (Å²) in [6, 6.07) is 5.97. The number of hydrogen-bond acceptors (Lipinski definition) is 5. The zero-order valence-corrected chi connectivity index (χ0v) is 18.0. The van der Waals surface area contributed by atoms with Crippen molar-refractivity contribution in [3.8, 4) is 0 Å². The summed E-state index contributed by atoms with van der Waals surface area (Å²) in [5.74, 6) is 0.986. The Kier molecular flexibility index (Phi) is 6.14. The molecule has 4 aromatic rings. The van der Waals surface area contributed by atoms with Gasteiger partial charge in [0, 0.05) is 37.7 Å². The molecule has 3 aromatic heterocycles. The van der Waals surface area contributed by atoms with E-state index < -0.39 is 0 Å². The molecule has 0 unspecified atom stereocenters. The average Bonchev–Trinajstić information content (AvgIpc) is 3.37. The van der Waals surface area contributed by atoms with Crippen LogP contribution in [0.25, 0.3) is 26.8 Å². The van der Waals surface area contributed by atoms with E-state index in [0.717, 1.165) is 52.9 Å². The number of imidazole rings is 2. The second-order valence-corrected chi connectivity index (χ2v) is 7.88. The van der Waals surface area contributed by atoms with Gasteiger partial charge in [-0.15, -0.1) is 0 Å². The minimum absolute atomic E-state index is 0.209. The number of aryl methyl sites for hydroxylation is 1. The fraction of sp³-hybridized carbons (Fsp3) is 0.348. The first kappa shape index (κ1) is 21.5. The van der Waals surface area contributed by atoms with E-state index in [-0.39, 0.29) is 12.6 Å². The van der Waals surface area contributed by atoms with Crippen LogP contribution < -0.4 is 0 Å². The lowest BCUT2D eigenvalue weighted by atomic mass is 10.0. The summed E-state index contributed by atoms with van der Waals surface area (Å²) in [4.78, 5) is 26.0. The van der Waals surface area contributed by atoms with E-state index in [4.69, 9.17) is 26.2 Å². The molecule has 1 aliphatic rings. The summed E-state index contributed by atoms with van der Waals surface area (Å²) >= 11 is 0. The quantitative estimate of drug-likeness (QED) is 0.389. The molecule has 1 aliphatic heterocycles. The molecule has 4 heterocycles. The third-order valence-electron chi connectivity index (χ3n) is 5.62. The Balaban J connectivity index is 0.000000775. The lowest BCUT2D eigenvalue weighted by Crippen LogP contribution is -2.26. The number of ether oxygens (including phenoxy) is 1. The standard InChI is InChI=1S/C22H22N6O.CH2O2/c1-14-8-17(6-7-29-14)28-21(10-16-12-27(3)13-25-16)26-20-11-24-19-5-4-15(23-2)9-18(19)22(20)28;2-1-3/h4-5,9,11-14,17H,6-8,10H2,1,3H3;1H,(H,2,3)/t14-,17-;/m1./s1. The highest BCUT2D eigenvalue weighted by molar-refractivity contribution is 6.03. The van der Waals surface area contributed by atoms with Crippen LogP contribution in [0.15, 0.2) is 36.9 Å². The zero-order chi connectivity index (χ0) is 22.7. The normalized spacial score (nSPS) is 18.2. The minimum Gasteiger partial charge on any atom is -0.483 e. The molecule has 2 atom stereocenters. The fourth-order valence-corrected chi connectivity index (χ4v) is 4.33. The SMILES string of the molecule is O=CO.[C-]#[N+]c1ccc2ncc3nc(Cc4cn(C)cn4)n([C@@H]4CCO[C@H](C)C4)c3c2c1. The third kappa shape index (κ3) is 4.18. The van der Waals surface area contributed by atoms with Crippen molar-refractivity contribution in [3.05, 3.63) is 59.9 Å². The monoisotopic (exact) mass is 432 g/mol. The largest absolute Gasteiger partial charge is 0.483 e. The van der Waals surface area contributed by atoms with E-state index in [1.807, 2.05) is 48.5 Å². The topological polar surface area (TPSA) is 99.4 Å². The molecule has 0 saturated carbocycles. The summed E-state index contributed by atoms with van der Waals surface area (Å²) in [6.45, 7) is 10.0. The molecule has 1 saturated heterocycles. The van der Waals surface area contributed by atoms with E-state index in [2.05, 4.69) is 26.3 Å². The molecule has 0 amide bonds.